The van der Waals surface area contributed by atoms with Crippen molar-refractivity contribution in [2.45, 2.75) is 19.0 Å². The molecule has 1 atom stereocenters. The van der Waals surface area contributed by atoms with E-state index < -0.39 is 0 Å². The van der Waals surface area contributed by atoms with Crippen LogP contribution in [0.4, 0.5) is 0 Å². The second-order valence-electron chi connectivity index (χ2n) is 4.76. The van der Waals surface area contributed by atoms with Crippen molar-refractivity contribution in [1.82, 2.24) is 5.32 Å². The third-order valence-corrected chi connectivity index (χ3v) is 4.43. The second-order valence-corrected chi connectivity index (χ2v) is 5.61. The molecule has 1 unspecified atom stereocenters. The number of hydrogen-bond acceptors (Lipinski definition) is 2. The van der Waals surface area contributed by atoms with Crippen molar-refractivity contribution in [3.05, 3.63) is 63.6 Å². The van der Waals surface area contributed by atoms with E-state index in [4.69, 9.17) is 4.74 Å². The monoisotopic (exact) mass is 317 g/mol. The lowest BCUT2D eigenvalue weighted by Crippen LogP contribution is -2.29. The smallest absolute Gasteiger partial charge is 0.122 e. The molecule has 1 aliphatic rings. The van der Waals surface area contributed by atoms with Gasteiger partial charge in [0.2, 0.25) is 0 Å². The van der Waals surface area contributed by atoms with Gasteiger partial charge in [0.15, 0.2) is 0 Å². The van der Waals surface area contributed by atoms with Crippen molar-refractivity contribution < 1.29 is 4.74 Å². The lowest BCUT2D eigenvalue weighted by molar-refractivity contribution is 0.397. The van der Waals surface area contributed by atoms with Crippen molar-refractivity contribution in [1.29, 1.82) is 0 Å². The minimum absolute atomic E-state index is 0.358. The summed E-state index contributed by atoms with van der Waals surface area (Å²) in [6, 6.07) is 15.0. The number of ether oxygens (including phenoxy) is 1. The molecule has 0 fully saturated rings. The number of rotatable bonds is 2. The van der Waals surface area contributed by atoms with Crippen LogP contribution in [0.2, 0.25) is 0 Å². The van der Waals surface area contributed by atoms with Gasteiger partial charge in [-0.15, -0.1) is 0 Å². The van der Waals surface area contributed by atoms with Crippen LogP contribution in [0.15, 0.2) is 46.9 Å². The Bertz CT molecular complexity index is 583. The number of methoxy groups -OCH3 is 1. The number of fused-ring (bicyclic) bond motifs is 1. The van der Waals surface area contributed by atoms with E-state index in [1.54, 1.807) is 7.11 Å². The summed E-state index contributed by atoms with van der Waals surface area (Å²) in [7, 11) is 1.74. The van der Waals surface area contributed by atoms with E-state index >= 15 is 0 Å². The van der Waals surface area contributed by atoms with Gasteiger partial charge in [-0.3, -0.25) is 0 Å². The summed E-state index contributed by atoms with van der Waals surface area (Å²) in [6.45, 7) is 0.868. The van der Waals surface area contributed by atoms with Crippen LogP contribution in [0.1, 0.15) is 22.7 Å². The molecule has 1 heterocycles. The number of halogens is 1. The first-order chi connectivity index (χ1) is 9.29. The minimum Gasteiger partial charge on any atom is -0.496 e. The summed E-state index contributed by atoms with van der Waals surface area (Å²) >= 11 is 3.63. The van der Waals surface area contributed by atoms with Crippen molar-refractivity contribution in [3.8, 4) is 5.75 Å². The summed E-state index contributed by atoms with van der Waals surface area (Å²) < 4.78 is 6.66. The van der Waals surface area contributed by atoms with Gasteiger partial charge in [0.25, 0.3) is 0 Å². The predicted molar refractivity (Wildman–Crippen MR) is 80.4 cm³/mol. The number of benzene rings is 2. The van der Waals surface area contributed by atoms with Crippen LogP contribution in [0.5, 0.6) is 5.75 Å². The van der Waals surface area contributed by atoms with Crippen LogP contribution in [-0.4, -0.2) is 7.11 Å². The lowest BCUT2D eigenvalue weighted by atomic mass is 9.91. The molecule has 0 aromatic heterocycles. The third-order valence-electron chi connectivity index (χ3n) is 3.69. The fourth-order valence-corrected chi connectivity index (χ4v) is 3.18. The van der Waals surface area contributed by atoms with Crippen LogP contribution in [0, 0.1) is 0 Å². The van der Waals surface area contributed by atoms with Crippen LogP contribution in [0.25, 0.3) is 0 Å². The van der Waals surface area contributed by atoms with E-state index in [2.05, 4.69) is 57.6 Å². The van der Waals surface area contributed by atoms with Crippen molar-refractivity contribution in [2.24, 2.45) is 0 Å². The fraction of sp³-hybridized carbons (Fsp3) is 0.250. The second kappa shape index (κ2) is 5.35. The van der Waals surface area contributed by atoms with Crippen molar-refractivity contribution in [2.75, 3.05) is 7.11 Å². The molecule has 0 aliphatic carbocycles. The number of hydrogen-bond donors (Lipinski definition) is 1. The average molecular weight is 318 g/mol. The zero-order valence-corrected chi connectivity index (χ0v) is 12.4. The maximum absolute atomic E-state index is 5.50. The van der Waals surface area contributed by atoms with Gasteiger partial charge in [-0.05, 0) is 29.7 Å². The largest absolute Gasteiger partial charge is 0.496 e. The molecule has 1 N–H and O–H groups in total. The van der Waals surface area contributed by atoms with Gasteiger partial charge in [-0.25, -0.2) is 0 Å². The molecule has 3 heteroatoms. The van der Waals surface area contributed by atoms with E-state index in [9.17, 15) is 0 Å². The van der Waals surface area contributed by atoms with Gasteiger partial charge in [-0.1, -0.05) is 46.3 Å². The summed E-state index contributed by atoms with van der Waals surface area (Å²) in [6.07, 6.45) is 0.960. The van der Waals surface area contributed by atoms with E-state index in [1.807, 2.05) is 6.07 Å². The summed E-state index contributed by atoms with van der Waals surface area (Å²) in [5.41, 5.74) is 3.95. The highest BCUT2D eigenvalue weighted by atomic mass is 79.9. The Morgan fingerprint density at radius 3 is 2.63 bits per heavy atom. The molecule has 2 aromatic rings. The molecule has 0 saturated heterocycles. The van der Waals surface area contributed by atoms with Crippen LogP contribution in [0.3, 0.4) is 0 Å². The molecule has 0 spiro atoms. The molecule has 0 bridgehead atoms. The SMILES string of the molecule is COc1ccc(Br)c2c1CC(c1ccccc1)NC2. The molecule has 1 aliphatic heterocycles. The van der Waals surface area contributed by atoms with Crippen LogP contribution < -0.4 is 10.1 Å². The molecule has 0 saturated carbocycles. The molecule has 2 aromatic carbocycles. The Kier molecular flexibility index (Phi) is 3.58. The van der Waals surface area contributed by atoms with E-state index in [1.165, 1.54) is 16.7 Å². The molecule has 19 heavy (non-hydrogen) atoms. The first-order valence-corrected chi connectivity index (χ1v) is 7.21. The van der Waals surface area contributed by atoms with Crippen molar-refractivity contribution in [3.63, 3.8) is 0 Å². The first-order valence-electron chi connectivity index (χ1n) is 6.42. The van der Waals surface area contributed by atoms with E-state index in [0.717, 1.165) is 23.2 Å². The predicted octanol–water partition coefficient (Wildman–Crippen LogP) is 3.84. The Hall–Kier alpha value is -1.32. The fourth-order valence-electron chi connectivity index (χ4n) is 2.67. The number of nitrogens with one attached hydrogen (secondary N) is 1. The maximum Gasteiger partial charge on any atom is 0.122 e. The highest BCUT2D eigenvalue weighted by Crippen LogP contribution is 2.35. The van der Waals surface area contributed by atoms with E-state index in [0.29, 0.717) is 6.04 Å². The van der Waals surface area contributed by atoms with Crippen molar-refractivity contribution >= 4 is 15.9 Å². The first kappa shape index (κ1) is 12.7. The Labute approximate surface area is 121 Å². The zero-order chi connectivity index (χ0) is 13.2. The van der Waals surface area contributed by atoms with Gasteiger partial charge in [0, 0.05) is 22.6 Å². The lowest BCUT2D eigenvalue weighted by Gasteiger charge is -2.28. The van der Waals surface area contributed by atoms with E-state index in [-0.39, 0.29) is 0 Å². The molecule has 0 amide bonds. The topological polar surface area (TPSA) is 21.3 Å². The van der Waals surface area contributed by atoms with Gasteiger partial charge in [0.1, 0.15) is 5.75 Å². The van der Waals surface area contributed by atoms with Gasteiger partial charge in [0.05, 0.1) is 7.11 Å². The summed E-state index contributed by atoms with van der Waals surface area (Å²) in [4.78, 5) is 0. The van der Waals surface area contributed by atoms with Gasteiger partial charge < -0.3 is 10.1 Å². The highest BCUT2D eigenvalue weighted by molar-refractivity contribution is 9.10. The van der Waals surface area contributed by atoms with Gasteiger partial charge >= 0.3 is 0 Å². The molecule has 0 radical (unpaired) electrons. The molecular formula is C16H16BrNO. The third kappa shape index (κ3) is 2.40. The average Bonchev–Trinajstić information content (AvgIpc) is 2.48. The molecule has 2 nitrogen and oxygen atoms in total. The Morgan fingerprint density at radius 2 is 1.89 bits per heavy atom. The van der Waals surface area contributed by atoms with Crippen LogP contribution in [-0.2, 0) is 13.0 Å². The maximum atomic E-state index is 5.50. The molecular weight excluding hydrogens is 302 g/mol. The van der Waals surface area contributed by atoms with Gasteiger partial charge in [-0.2, -0.15) is 0 Å². The minimum atomic E-state index is 0.358. The molecule has 3 rings (SSSR count). The Balaban J connectivity index is 1.97. The zero-order valence-electron chi connectivity index (χ0n) is 10.8. The Morgan fingerprint density at radius 1 is 1.11 bits per heavy atom. The summed E-state index contributed by atoms with van der Waals surface area (Å²) in [5, 5.41) is 3.60. The normalized spacial score (nSPS) is 17.9. The molecule has 98 valence electrons. The standard InChI is InChI=1S/C16H16BrNO/c1-19-16-8-7-14(17)13-10-18-15(9-12(13)16)11-5-3-2-4-6-11/h2-8,15,18H,9-10H2,1H3. The summed E-state index contributed by atoms with van der Waals surface area (Å²) in [5.74, 6) is 0.987. The quantitative estimate of drug-likeness (QED) is 0.908. The van der Waals surface area contributed by atoms with Crippen LogP contribution >= 0.6 is 15.9 Å². The highest BCUT2D eigenvalue weighted by Gasteiger charge is 2.23.